The predicted molar refractivity (Wildman–Crippen MR) is 299 cm³/mol. The van der Waals surface area contributed by atoms with Crippen LogP contribution in [0.25, 0.3) is 0 Å². The molecule has 0 radical (unpaired) electrons. The zero-order chi connectivity index (χ0) is 55.3. The van der Waals surface area contributed by atoms with Gasteiger partial charge in [-0.05, 0) is 95.1 Å². The van der Waals surface area contributed by atoms with Crippen molar-refractivity contribution in [2.24, 2.45) is 0 Å². The molecule has 412 valence electrons. The Morgan fingerprint density at radius 3 is 1.12 bits per heavy atom. The van der Waals surface area contributed by atoms with Crippen LogP contribution in [0.2, 0.25) is 0 Å². The van der Waals surface area contributed by atoms with Crippen LogP contribution in [0.1, 0.15) is 108 Å². The lowest BCUT2D eigenvalue weighted by Crippen LogP contribution is -2.52. The van der Waals surface area contributed by atoms with Gasteiger partial charge in [-0.15, -0.1) is 12.4 Å². The first kappa shape index (κ1) is 59.1. The van der Waals surface area contributed by atoms with Crippen LogP contribution in [0.4, 0.5) is 5.69 Å². The summed E-state index contributed by atoms with van der Waals surface area (Å²) >= 11 is 0. The maximum Gasteiger partial charge on any atom is 0.251 e. The molecule has 10 N–H and O–H groups in total. The van der Waals surface area contributed by atoms with Gasteiger partial charge in [-0.1, -0.05) is 121 Å². The van der Waals surface area contributed by atoms with Crippen LogP contribution >= 0.6 is 12.4 Å². The quantitative estimate of drug-likeness (QED) is 0.0507. The Labute approximate surface area is 461 Å². The highest BCUT2D eigenvalue weighted by atomic mass is 35.5. The molecule has 0 unspecified atom stereocenters. The van der Waals surface area contributed by atoms with Gasteiger partial charge >= 0.3 is 0 Å². The molecule has 2 aliphatic heterocycles. The number of likely N-dealkylation sites (tertiary alicyclic amines) is 2. The van der Waals surface area contributed by atoms with E-state index in [1.807, 2.05) is 74.5 Å². The van der Waals surface area contributed by atoms with Crippen LogP contribution in [0.5, 0.6) is 0 Å². The van der Waals surface area contributed by atoms with E-state index >= 15 is 0 Å². The van der Waals surface area contributed by atoms with Crippen LogP contribution in [0, 0.1) is 0 Å². The number of halogens is 1. The number of nitrogens with one attached hydrogen (secondary N) is 8. The van der Waals surface area contributed by atoms with Gasteiger partial charge in [0.25, 0.3) is 23.6 Å². The summed E-state index contributed by atoms with van der Waals surface area (Å²) in [5.74, 6) is -4.18. The van der Waals surface area contributed by atoms with E-state index in [1.54, 1.807) is 88.6 Å². The van der Waals surface area contributed by atoms with Gasteiger partial charge in [-0.2, -0.15) is 0 Å². The summed E-state index contributed by atoms with van der Waals surface area (Å²) in [6.45, 7) is 6.77. The fourth-order valence-corrected chi connectivity index (χ4v) is 9.58. The SMILES string of the molecule is CN[C@@H](C)C(=O)N[C@H](C(=O)N1C[C@@H](NC(=O)c2cc(N)cc(C(=O)N[C@H]3C[C@@H](C(=O)N[C@H](C)c4ccccc4)N(C(=O)[C@@H](NC(=O)[C@H](C)NC)c4ccccc4)C3)c2)C[C@H]1C(=O)N[C@H](C)c1ccccc1)c1ccccc1.Cl. The minimum atomic E-state index is -1.17. The predicted octanol–water partition coefficient (Wildman–Crippen LogP) is 3.77. The van der Waals surface area contributed by atoms with Crippen molar-refractivity contribution < 1.29 is 38.4 Å². The van der Waals surface area contributed by atoms with Crippen molar-refractivity contribution in [3.05, 3.63) is 173 Å². The molecule has 0 bridgehead atoms. The summed E-state index contributed by atoms with van der Waals surface area (Å²) < 4.78 is 0. The number of carbonyl (C=O) groups is 8. The largest absolute Gasteiger partial charge is 0.399 e. The molecule has 2 fully saturated rings. The first-order valence-electron chi connectivity index (χ1n) is 25.8. The third-order valence-corrected chi connectivity index (χ3v) is 14.2. The number of nitrogens with two attached hydrogens (primary N) is 1. The molecule has 2 saturated heterocycles. The van der Waals surface area contributed by atoms with Crippen LogP contribution in [0.3, 0.4) is 0 Å². The average molecular weight is 1080 g/mol. The molecule has 0 spiro atoms. The van der Waals surface area contributed by atoms with E-state index in [0.29, 0.717) is 11.1 Å². The number of hydrogen-bond acceptors (Lipinski definition) is 11. The summed E-state index contributed by atoms with van der Waals surface area (Å²) in [5.41, 5.74) is 9.15. The topological polar surface area (TPSA) is 265 Å². The standard InChI is InChI=1S/C58H69N11O8.ClH/c1-34(38-19-11-7-12-20-38)62-55(74)47-30-45(32-68(47)57(76)49(40-23-15-9-16-24-40)66-51(70)36(3)60-5)64-53(72)42-27-43(29-44(59)28-42)54(73)65-46-31-48(56(75)63-35(2)39-21-13-8-14-22-39)69(33-46)58(77)50(41-25-17-10-18-26-41)67-52(71)37(4)61-6;/h7-29,34-37,45-50,60-61H,30-33,59H2,1-6H3,(H,62,74)(H,63,75)(H,64,72)(H,65,73)(H,66,70)(H,67,71);1H/t34-,35-,36+,37+,45+,46+,47+,48+,49+,50+;/m1./s1. The monoisotopic (exact) mass is 1080 g/mol. The molecule has 5 aromatic carbocycles. The second-order valence-electron chi connectivity index (χ2n) is 19.7. The van der Waals surface area contributed by atoms with E-state index < -0.39 is 108 Å². The summed E-state index contributed by atoms with van der Waals surface area (Å²) in [6, 6.07) is 32.1. The van der Waals surface area contributed by atoms with Gasteiger partial charge in [0.1, 0.15) is 24.2 Å². The van der Waals surface area contributed by atoms with Gasteiger partial charge in [-0.25, -0.2) is 0 Å². The molecule has 0 saturated carbocycles. The highest BCUT2D eigenvalue weighted by molar-refractivity contribution is 6.02. The summed E-state index contributed by atoms with van der Waals surface area (Å²) in [4.78, 5) is 116. The van der Waals surface area contributed by atoms with Gasteiger partial charge in [0.05, 0.1) is 24.2 Å². The minimum absolute atomic E-state index is 0. The third kappa shape index (κ3) is 14.7. The lowest BCUT2D eigenvalue weighted by molar-refractivity contribution is -0.142. The summed E-state index contributed by atoms with van der Waals surface area (Å²) in [7, 11) is 3.25. The Hall–Kier alpha value is -8.13. The smallest absolute Gasteiger partial charge is 0.251 e. The van der Waals surface area contributed by atoms with Gasteiger partial charge < -0.3 is 58.1 Å². The summed E-state index contributed by atoms with van der Waals surface area (Å²) in [6.07, 6.45) is 0.0317. The van der Waals surface area contributed by atoms with E-state index in [9.17, 15) is 38.4 Å². The average Bonchev–Trinajstić information content (AvgIpc) is 4.12. The lowest BCUT2D eigenvalue weighted by atomic mass is 10.0. The minimum Gasteiger partial charge on any atom is -0.399 e. The Balaban J connectivity index is 0.00000984. The van der Waals surface area contributed by atoms with E-state index in [1.165, 1.54) is 28.0 Å². The van der Waals surface area contributed by atoms with Crippen molar-refractivity contribution in [2.75, 3.05) is 32.9 Å². The third-order valence-electron chi connectivity index (χ3n) is 14.2. The number of anilines is 1. The fraction of sp³-hybridized carbons (Fsp3) is 0.345. The van der Waals surface area contributed by atoms with E-state index in [-0.39, 0.29) is 55.2 Å². The highest BCUT2D eigenvalue weighted by Crippen LogP contribution is 2.29. The Bertz CT molecular complexity index is 2710. The second-order valence-corrected chi connectivity index (χ2v) is 19.7. The first-order valence-corrected chi connectivity index (χ1v) is 25.8. The molecule has 0 aromatic heterocycles. The maximum atomic E-state index is 14.7. The highest BCUT2D eigenvalue weighted by Gasteiger charge is 2.45. The number of rotatable bonds is 20. The number of benzene rings is 5. The molecule has 19 nitrogen and oxygen atoms in total. The molecule has 7 rings (SSSR count). The molecule has 5 aromatic rings. The number of likely N-dealkylation sites (N-methyl/N-ethyl adjacent to an activating group) is 2. The number of carbonyl (C=O) groups excluding carboxylic acids is 8. The molecule has 2 aliphatic rings. The normalized spacial score (nSPS) is 19.1. The molecular weight excluding hydrogens is 1010 g/mol. The van der Waals surface area contributed by atoms with E-state index in [0.717, 1.165) is 11.1 Å². The Morgan fingerprint density at radius 1 is 0.474 bits per heavy atom. The molecule has 8 amide bonds. The van der Waals surface area contributed by atoms with Crippen LogP contribution in [0.15, 0.2) is 140 Å². The molecule has 10 atom stereocenters. The molecule has 20 heteroatoms. The van der Waals surface area contributed by atoms with Crippen molar-refractivity contribution in [3.8, 4) is 0 Å². The Kier molecular flexibility index (Phi) is 20.7. The summed E-state index contributed by atoms with van der Waals surface area (Å²) in [5, 5.41) is 23.4. The van der Waals surface area contributed by atoms with Gasteiger partial charge in [-0.3, -0.25) is 38.4 Å². The zero-order valence-corrected chi connectivity index (χ0v) is 45.3. The molecular formula is C58H70ClN11O8. The van der Waals surface area contributed by atoms with E-state index in [4.69, 9.17) is 5.73 Å². The number of hydrogen-bond donors (Lipinski definition) is 9. The van der Waals surface area contributed by atoms with Gasteiger partial charge in [0.15, 0.2) is 0 Å². The zero-order valence-electron chi connectivity index (χ0n) is 44.5. The molecule has 0 aliphatic carbocycles. The Morgan fingerprint density at radius 2 is 0.795 bits per heavy atom. The van der Waals surface area contributed by atoms with Gasteiger partial charge in [0, 0.05) is 42.0 Å². The van der Waals surface area contributed by atoms with Crippen molar-refractivity contribution in [1.82, 2.24) is 52.3 Å². The van der Waals surface area contributed by atoms with Crippen LogP contribution in [-0.2, 0) is 28.8 Å². The van der Waals surface area contributed by atoms with Gasteiger partial charge in [0.2, 0.25) is 23.6 Å². The first-order chi connectivity index (χ1) is 37.0. The van der Waals surface area contributed by atoms with Crippen molar-refractivity contribution in [2.45, 2.75) is 101 Å². The molecule has 2 heterocycles. The number of amides is 8. The molecule has 78 heavy (non-hydrogen) atoms. The second kappa shape index (κ2) is 27.3. The van der Waals surface area contributed by atoms with Crippen molar-refractivity contribution in [3.63, 3.8) is 0 Å². The van der Waals surface area contributed by atoms with Crippen molar-refractivity contribution in [1.29, 1.82) is 0 Å². The fourth-order valence-electron chi connectivity index (χ4n) is 9.58. The number of nitrogens with zero attached hydrogens (tertiary/aromatic N) is 2. The maximum absolute atomic E-state index is 14.7. The number of nitrogen functional groups attached to an aromatic ring is 1. The van der Waals surface area contributed by atoms with E-state index in [2.05, 4.69) is 42.5 Å². The lowest BCUT2D eigenvalue weighted by Gasteiger charge is -2.30. The van der Waals surface area contributed by atoms with Crippen LogP contribution in [-0.4, -0.2) is 120 Å². The van der Waals surface area contributed by atoms with Crippen LogP contribution < -0.4 is 48.3 Å². The van der Waals surface area contributed by atoms with Crippen molar-refractivity contribution >= 4 is 65.4 Å².